The van der Waals surface area contributed by atoms with Gasteiger partial charge in [0.05, 0.1) is 12.3 Å². The Morgan fingerprint density at radius 3 is 2.73 bits per heavy atom. The van der Waals surface area contributed by atoms with Gasteiger partial charge in [0.2, 0.25) is 5.91 Å². The largest absolute Gasteiger partial charge is 0.492 e. The van der Waals surface area contributed by atoms with Crippen molar-refractivity contribution in [3.63, 3.8) is 0 Å². The third-order valence-electron chi connectivity index (χ3n) is 4.02. The van der Waals surface area contributed by atoms with Crippen LogP contribution in [0.4, 0.5) is 5.69 Å². The van der Waals surface area contributed by atoms with Gasteiger partial charge in [-0.25, -0.2) is 9.36 Å². The summed E-state index contributed by atoms with van der Waals surface area (Å²) >= 11 is 0. The lowest BCUT2D eigenvalue weighted by Crippen LogP contribution is -2.43. The maximum Gasteiger partial charge on any atom is 0.331 e. The fourth-order valence-corrected chi connectivity index (χ4v) is 2.64. The van der Waals surface area contributed by atoms with E-state index in [9.17, 15) is 14.4 Å². The van der Waals surface area contributed by atoms with Crippen LogP contribution in [0.2, 0.25) is 0 Å². The van der Waals surface area contributed by atoms with Crippen LogP contribution in [0.3, 0.4) is 0 Å². The van der Waals surface area contributed by atoms with E-state index >= 15 is 0 Å². The Bertz CT molecular complexity index is 995. The van der Waals surface area contributed by atoms with Gasteiger partial charge in [-0.1, -0.05) is 12.1 Å². The lowest BCUT2D eigenvalue weighted by atomic mass is 10.3. The summed E-state index contributed by atoms with van der Waals surface area (Å²) in [5.41, 5.74) is -1.04. The molecule has 0 saturated heterocycles. The Balaban J connectivity index is 1.88. The van der Waals surface area contributed by atoms with Crippen molar-refractivity contribution in [1.82, 2.24) is 9.13 Å². The Hall–Kier alpha value is -3.34. The van der Waals surface area contributed by atoms with Crippen LogP contribution in [0, 0.1) is 11.3 Å². The van der Waals surface area contributed by atoms with Gasteiger partial charge in [-0.05, 0) is 31.9 Å². The van der Waals surface area contributed by atoms with Gasteiger partial charge in [0, 0.05) is 12.2 Å². The molecule has 1 amide bonds. The fourth-order valence-electron chi connectivity index (χ4n) is 2.64. The summed E-state index contributed by atoms with van der Waals surface area (Å²) in [5.74, 6) is -0.0503. The molecule has 2 aromatic rings. The maximum atomic E-state index is 12.5. The number of nitrogens with zero attached hydrogens (tertiary/aromatic N) is 3. The highest BCUT2D eigenvalue weighted by Gasteiger charge is 2.27. The lowest BCUT2D eigenvalue weighted by Gasteiger charge is -2.13. The second-order valence-electron chi connectivity index (χ2n) is 5.94. The van der Waals surface area contributed by atoms with Crippen molar-refractivity contribution < 1.29 is 9.53 Å². The maximum absolute atomic E-state index is 12.5. The molecule has 1 heterocycles. The summed E-state index contributed by atoms with van der Waals surface area (Å²) in [4.78, 5) is 37.2. The molecule has 0 bridgehead atoms. The number of hydrogen-bond donors (Lipinski definition) is 1. The first-order valence-corrected chi connectivity index (χ1v) is 8.33. The van der Waals surface area contributed by atoms with Crippen LogP contribution in [0.15, 0.2) is 40.1 Å². The predicted octanol–water partition coefficient (Wildman–Crippen LogP) is 1.25. The summed E-state index contributed by atoms with van der Waals surface area (Å²) in [5, 5.41) is 11.8. The molecule has 1 aliphatic rings. The molecule has 0 radical (unpaired) electrons. The van der Waals surface area contributed by atoms with E-state index in [1.165, 1.54) is 10.8 Å². The number of carbonyl (C=O) groups excluding carboxylic acids is 1. The van der Waals surface area contributed by atoms with E-state index in [1.807, 2.05) is 6.92 Å². The van der Waals surface area contributed by atoms with Crippen LogP contribution in [0.25, 0.3) is 0 Å². The molecule has 26 heavy (non-hydrogen) atoms. The van der Waals surface area contributed by atoms with Gasteiger partial charge in [-0.2, -0.15) is 5.26 Å². The first-order valence-electron chi connectivity index (χ1n) is 8.33. The number of carbonyl (C=O) groups is 1. The molecule has 8 heteroatoms. The van der Waals surface area contributed by atoms with E-state index in [0.29, 0.717) is 18.0 Å². The molecule has 134 valence electrons. The summed E-state index contributed by atoms with van der Waals surface area (Å²) in [7, 11) is 0. The zero-order chi connectivity index (χ0) is 18.7. The Labute approximate surface area is 149 Å². The standard InChI is InChI=1S/C18H18N4O4/c1-2-26-15-6-4-3-5-14(15)20-16(23)11-22-17(24)12(9-19)10-21(18(22)25)13-7-8-13/h3-6,10,13H,2,7-8,11H2,1H3,(H,20,23). The van der Waals surface area contributed by atoms with E-state index in [0.717, 1.165) is 17.4 Å². The van der Waals surface area contributed by atoms with E-state index in [4.69, 9.17) is 10.00 Å². The molecule has 0 atom stereocenters. The molecular weight excluding hydrogens is 336 g/mol. The topological polar surface area (TPSA) is 106 Å². The van der Waals surface area contributed by atoms with Gasteiger partial charge in [-0.15, -0.1) is 0 Å². The molecule has 1 aromatic carbocycles. The molecule has 0 unspecified atom stereocenters. The minimum Gasteiger partial charge on any atom is -0.492 e. The molecule has 0 aliphatic heterocycles. The summed E-state index contributed by atoms with van der Waals surface area (Å²) in [6, 6.07) is 8.67. The molecule has 3 rings (SSSR count). The molecule has 1 N–H and O–H groups in total. The van der Waals surface area contributed by atoms with Crippen LogP contribution in [-0.4, -0.2) is 21.6 Å². The number of rotatable bonds is 6. The van der Waals surface area contributed by atoms with Crippen molar-refractivity contribution in [2.75, 3.05) is 11.9 Å². The SMILES string of the molecule is CCOc1ccccc1NC(=O)Cn1c(=O)c(C#N)cn(C2CC2)c1=O. The van der Waals surface area contributed by atoms with Gasteiger partial charge in [0.25, 0.3) is 5.56 Å². The van der Waals surface area contributed by atoms with Crippen molar-refractivity contribution in [1.29, 1.82) is 5.26 Å². The van der Waals surface area contributed by atoms with E-state index in [1.54, 1.807) is 30.3 Å². The number of nitrogens with one attached hydrogen (secondary N) is 1. The molecule has 1 fully saturated rings. The minimum atomic E-state index is -0.761. The minimum absolute atomic E-state index is 0.0109. The number of ether oxygens (including phenoxy) is 1. The quantitative estimate of drug-likeness (QED) is 0.840. The first-order chi connectivity index (χ1) is 12.5. The van der Waals surface area contributed by atoms with Crippen LogP contribution >= 0.6 is 0 Å². The zero-order valence-electron chi connectivity index (χ0n) is 14.3. The summed E-state index contributed by atoms with van der Waals surface area (Å²) in [6.07, 6.45) is 2.91. The third kappa shape index (κ3) is 3.52. The Morgan fingerprint density at radius 1 is 1.35 bits per heavy atom. The van der Waals surface area contributed by atoms with Crippen LogP contribution in [-0.2, 0) is 11.3 Å². The Morgan fingerprint density at radius 2 is 2.08 bits per heavy atom. The second kappa shape index (κ2) is 7.27. The molecule has 0 spiro atoms. The second-order valence-corrected chi connectivity index (χ2v) is 5.94. The van der Waals surface area contributed by atoms with Gasteiger partial charge < -0.3 is 10.1 Å². The van der Waals surface area contributed by atoms with E-state index < -0.39 is 23.7 Å². The van der Waals surface area contributed by atoms with Crippen molar-refractivity contribution in [2.45, 2.75) is 32.4 Å². The predicted molar refractivity (Wildman–Crippen MR) is 94.2 cm³/mol. The number of anilines is 1. The summed E-state index contributed by atoms with van der Waals surface area (Å²) in [6.45, 7) is 1.79. The normalized spacial score (nSPS) is 13.1. The number of hydrogen-bond acceptors (Lipinski definition) is 5. The third-order valence-corrected chi connectivity index (χ3v) is 4.02. The van der Waals surface area contributed by atoms with Crippen molar-refractivity contribution in [3.05, 3.63) is 56.9 Å². The number of benzene rings is 1. The highest BCUT2D eigenvalue weighted by molar-refractivity contribution is 5.92. The number of aromatic nitrogens is 2. The van der Waals surface area contributed by atoms with E-state index in [-0.39, 0.29) is 11.6 Å². The average Bonchev–Trinajstić information content (AvgIpc) is 3.46. The molecule has 1 aromatic heterocycles. The Kier molecular flexibility index (Phi) is 4.89. The monoisotopic (exact) mass is 354 g/mol. The molecular formula is C18H18N4O4. The lowest BCUT2D eigenvalue weighted by molar-refractivity contribution is -0.116. The first kappa shape index (κ1) is 17.5. The van der Waals surface area contributed by atoms with Crippen molar-refractivity contribution >= 4 is 11.6 Å². The fraction of sp³-hybridized carbons (Fsp3) is 0.333. The highest BCUT2D eigenvalue weighted by Crippen LogP contribution is 2.33. The molecule has 1 aliphatic carbocycles. The van der Waals surface area contributed by atoms with Crippen molar-refractivity contribution in [3.8, 4) is 11.8 Å². The number of nitriles is 1. The number of amides is 1. The highest BCUT2D eigenvalue weighted by atomic mass is 16.5. The van der Waals surface area contributed by atoms with Crippen molar-refractivity contribution in [2.24, 2.45) is 0 Å². The van der Waals surface area contributed by atoms with Crippen LogP contribution in [0.5, 0.6) is 5.75 Å². The summed E-state index contributed by atoms with van der Waals surface area (Å²) < 4.78 is 7.60. The van der Waals surface area contributed by atoms with Gasteiger partial charge >= 0.3 is 5.69 Å². The number of para-hydroxylation sites is 2. The van der Waals surface area contributed by atoms with Crippen LogP contribution in [0.1, 0.15) is 31.4 Å². The smallest absolute Gasteiger partial charge is 0.331 e. The molecule has 1 saturated carbocycles. The van der Waals surface area contributed by atoms with Gasteiger partial charge in [-0.3, -0.25) is 14.2 Å². The average molecular weight is 354 g/mol. The zero-order valence-corrected chi connectivity index (χ0v) is 14.3. The van der Waals surface area contributed by atoms with Gasteiger partial charge in [0.1, 0.15) is 23.9 Å². The van der Waals surface area contributed by atoms with Crippen LogP contribution < -0.4 is 21.3 Å². The van der Waals surface area contributed by atoms with E-state index in [2.05, 4.69) is 5.32 Å². The molecule has 8 nitrogen and oxygen atoms in total. The van der Waals surface area contributed by atoms with Gasteiger partial charge in [0.15, 0.2) is 0 Å².